The predicted molar refractivity (Wildman–Crippen MR) is 72.6 cm³/mol. The van der Waals surface area contributed by atoms with E-state index in [0.717, 1.165) is 17.5 Å². The normalized spacial score (nSPS) is 9.84. The minimum absolute atomic E-state index is 0.128. The number of benzene rings is 1. The third-order valence-corrected chi connectivity index (χ3v) is 2.73. The van der Waals surface area contributed by atoms with E-state index in [0.29, 0.717) is 12.2 Å². The zero-order valence-electron chi connectivity index (χ0n) is 11.6. The van der Waals surface area contributed by atoms with Gasteiger partial charge in [-0.15, -0.1) is 0 Å². The minimum atomic E-state index is -0.384. The first-order valence-corrected chi connectivity index (χ1v) is 6.31. The second kappa shape index (κ2) is 7.41. The third-order valence-electron chi connectivity index (χ3n) is 2.73. The Morgan fingerprint density at radius 1 is 1.16 bits per heavy atom. The van der Waals surface area contributed by atoms with Crippen molar-refractivity contribution in [1.29, 1.82) is 0 Å². The molecule has 0 aliphatic carbocycles. The van der Waals surface area contributed by atoms with E-state index in [2.05, 4.69) is 10.9 Å². The van der Waals surface area contributed by atoms with Crippen LogP contribution in [0.15, 0.2) is 18.2 Å². The average Bonchev–Trinajstić information content (AvgIpc) is 2.38. The highest BCUT2D eigenvalue weighted by molar-refractivity contribution is 5.82. The fourth-order valence-electron chi connectivity index (χ4n) is 1.49. The van der Waals surface area contributed by atoms with Crippen LogP contribution in [-0.4, -0.2) is 18.4 Å². The van der Waals surface area contributed by atoms with Crippen molar-refractivity contribution in [2.75, 3.05) is 6.61 Å². The van der Waals surface area contributed by atoms with Crippen molar-refractivity contribution in [1.82, 2.24) is 10.9 Å². The van der Waals surface area contributed by atoms with Crippen LogP contribution in [-0.2, 0) is 9.59 Å². The van der Waals surface area contributed by atoms with Crippen molar-refractivity contribution in [3.05, 3.63) is 29.3 Å². The molecule has 0 atom stereocenters. The molecule has 0 aliphatic rings. The molecule has 0 aromatic heterocycles. The summed E-state index contributed by atoms with van der Waals surface area (Å²) < 4.78 is 5.41. The second-order valence-electron chi connectivity index (χ2n) is 4.33. The van der Waals surface area contributed by atoms with Gasteiger partial charge >= 0.3 is 0 Å². The second-order valence-corrected chi connectivity index (χ2v) is 4.33. The topological polar surface area (TPSA) is 67.4 Å². The smallest absolute Gasteiger partial charge is 0.276 e. The molecule has 2 N–H and O–H groups in total. The van der Waals surface area contributed by atoms with Crippen molar-refractivity contribution in [3.63, 3.8) is 0 Å². The van der Waals surface area contributed by atoms with Crippen LogP contribution in [0.1, 0.15) is 30.9 Å². The molecule has 5 heteroatoms. The van der Waals surface area contributed by atoms with Crippen LogP contribution in [0, 0.1) is 13.8 Å². The Morgan fingerprint density at radius 2 is 1.84 bits per heavy atom. The number of ether oxygens (including phenoxy) is 1. The van der Waals surface area contributed by atoms with E-state index in [1.54, 1.807) is 0 Å². The Balaban J connectivity index is 2.38. The molecular weight excluding hydrogens is 244 g/mol. The van der Waals surface area contributed by atoms with Crippen LogP contribution in [0.3, 0.4) is 0 Å². The van der Waals surface area contributed by atoms with Gasteiger partial charge in [-0.3, -0.25) is 20.4 Å². The van der Waals surface area contributed by atoms with Crippen LogP contribution in [0.5, 0.6) is 5.75 Å². The van der Waals surface area contributed by atoms with Gasteiger partial charge in [0.05, 0.1) is 0 Å². The van der Waals surface area contributed by atoms with Crippen LogP contribution < -0.4 is 15.6 Å². The van der Waals surface area contributed by atoms with E-state index in [-0.39, 0.29) is 18.4 Å². The van der Waals surface area contributed by atoms with Crippen molar-refractivity contribution in [2.24, 2.45) is 0 Å². The van der Waals surface area contributed by atoms with Crippen LogP contribution in [0.25, 0.3) is 0 Å². The monoisotopic (exact) mass is 264 g/mol. The Hall–Kier alpha value is -2.04. The molecule has 0 aliphatic heterocycles. The SMILES string of the molecule is CCCC(=O)NNC(=O)COc1cccc(C)c1C. The summed E-state index contributed by atoms with van der Waals surface area (Å²) in [5.74, 6) is 0.0861. The first-order chi connectivity index (χ1) is 9.04. The Bertz CT molecular complexity index is 458. The lowest BCUT2D eigenvalue weighted by atomic mass is 10.1. The highest BCUT2D eigenvalue weighted by Crippen LogP contribution is 2.20. The number of carbonyl (C=O) groups is 2. The fraction of sp³-hybridized carbons (Fsp3) is 0.429. The van der Waals surface area contributed by atoms with Gasteiger partial charge < -0.3 is 4.74 Å². The highest BCUT2D eigenvalue weighted by atomic mass is 16.5. The average molecular weight is 264 g/mol. The number of amides is 2. The molecule has 2 amide bonds. The third kappa shape index (κ3) is 4.99. The number of hydrogen-bond acceptors (Lipinski definition) is 3. The van der Waals surface area contributed by atoms with E-state index >= 15 is 0 Å². The van der Waals surface area contributed by atoms with Gasteiger partial charge in [0.1, 0.15) is 5.75 Å². The first-order valence-electron chi connectivity index (χ1n) is 6.31. The Labute approximate surface area is 113 Å². The molecule has 0 bridgehead atoms. The van der Waals surface area contributed by atoms with Gasteiger partial charge in [0, 0.05) is 6.42 Å². The summed E-state index contributed by atoms with van der Waals surface area (Å²) in [4.78, 5) is 22.6. The maximum absolute atomic E-state index is 11.5. The van der Waals surface area contributed by atoms with Crippen molar-refractivity contribution in [2.45, 2.75) is 33.6 Å². The van der Waals surface area contributed by atoms with Crippen LogP contribution in [0.4, 0.5) is 0 Å². The lowest BCUT2D eigenvalue weighted by molar-refractivity contribution is -0.130. The molecule has 1 rings (SSSR count). The molecule has 104 valence electrons. The fourth-order valence-corrected chi connectivity index (χ4v) is 1.49. The maximum atomic E-state index is 11.5. The molecule has 0 fully saturated rings. The van der Waals surface area contributed by atoms with Gasteiger partial charge in [-0.05, 0) is 37.5 Å². The van der Waals surface area contributed by atoms with E-state index in [1.807, 2.05) is 39.0 Å². The molecule has 0 saturated heterocycles. The lowest BCUT2D eigenvalue weighted by Crippen LogP contribution is -2.43. The van der Waals surface area contributed by atoms with Crippen LogP contribution >= 0.6 is 0 Å². The molecule has 1 aromatic rings. The van der Waals surface area contributed by atoms with Crippen molar-refractivity contribution < 1.29 is 14.3 Å². The highest BCUT2D eigenvalue weighted by Gasteiger charge is 2.07. The minimum Gasteiger partial charge on any atom is -0.483 e. The number of hydrazine groups is 1. The summed E-state index contributed by atoms with van der Waals surface area (Å²) in [6.45, 7) is 5.68. The summed E-state index contributed by atoms with van der Waals surface area (Å²) in [5, 5.41) is 0. The maximum Gasteiger partial charge on any atom is 0.276 e. The number of aryl methyl sites for hydroxylation is 1. The zero-order valence-corrected chi connectivity index (χ0v) is 11.6. The van der Waals surface area contributed by atoms with E-state index in [4.69, 9.17) is 4.74 Å². The molecule has 1 aromatic carbocycles. The summed E-state index contributed by atoms with van der Waals surface area (Å²) >= 11 is 0. The molecular formula is C14H20N2O3. The largest absolute Gasteiger partial charge is 0.483 e. The molecule has 19 heavy (non-hydrogen) atoms. The van der Waals surface area contributed by atoms with Crippen molar-refractivity contribution in [3.8, 4) is 5.75 Å². The van der Waals surface area contributed by atoms with Gasteiger partial charge in [0.2, 0.25) is 5.91 Å². The summed E-state index contributed by atoms with van der Waals surface area (Å²) in [5.41, 5.74) is 6.75. The van der Waals surface area contributed by atoms with E-state index in [1.165, 1.54) is 0 Å². The summed E-state index contributed by atoms with van der Waals surface area (Å²) in [6.07, 6.45) is 1.12. The molecule has 0 heterocycles. The summed E-state index contributed by atoms with van der Waals surface area (Å²) in [7, 11) is 0. The van der Waals surface area contributed by atoms with Gasteiger partial charge in [0.25, 0.3) is 5.91 Å². The molecule has 0 spiro atoms. The van der Waals surface area contributed by atoms with Crippen LogP contribution in [0.2, 0.25) is 0 Å². The zero-order chi connectivity index (χ0) is 14.3. The lowest BCUT2D eigenvalue weighted by Gasteiger charge is -2.11. The number of rotatable bonds is 5. The quantitative estimate of drug-likeness (QED) is 0.794. The van der Waals surface area contributed by atoms with E-state index in [9.17, 15) is 9.59 Å². The summed E-state index contributed by atoms with van der Waals surface area (Å²) in [6, 6.07) is 5.66. The molecule has 0 unspecified atom stereocenters. The van der Waals surface area contributed by atoms with Gasteiger partial charge in [-0.1, -0.05) is 19.1 Å². The molecule has 5 nitrogen and oxygen atoms in total. The Morgan fingerprint density at radius 3 is 2.53 bits per heavy atom. The standard InChI is InChI=1S/C14H20N2O3/c1-4-6-13(17)15-16-14(18)9-19-12-8-5-7-10(2)11(12)3/h5,7-8H,4,6,9H2,1-3H3,(H,15,17)(H,16,18). The number of nitrogens with one attached hydrogen (secondary N) is 2. The van der Waals surface area contributed by atoms with Gasteiger partial charge in [0.15, 0.2) is 6.61 Å². The molecule has 0 radical (unpaired) electrons. The number of hydrogen-bond donors (Lipinski definition) is 2. The van der Waals surface area contributed by atoms with E-state index < -0.39 is 0 Å². The number of carbonyl (C=O) groups excluding carboxylic acids is 2. The molecule has 0 saturated carbocycles. The van der Waals surface area contributed by atoms with Gasteiger partial charge in [-0.25, -0.2) is 0 Å². The van der Waals surface area contributed by atoms with Gasteiger partial charge in [-0.2, -0.15) is 0 Å². The predicted octanol–water partition coefficient (Wildman–Crippen LogP) is 1.63. The first kappa shape index (κ1) is 15.0. The van der Waals surface area contributed by atoms with Crippen molar-refractivity contribution >= 4 is 11.8 Å². The Kier molecular flexibility index (Phi) is 5.85.